The number of hydrogen-bond acceptors (Lipinski definition) is 6. The van der Waals surface area contributed by atoms with E-state index >= 15 is 0 Å². The lowest BCUT2D eigenvalue weighted by Crippen LogP contribution is -2.30. The first kappa shape index (κ1) is 76.0. The number of ether oxygens (including phenoxy) is 3. The molecule has 1 unspecified atom stereocenters. The highest BCUT2D eigenvalue weighted by atomic mass is 16.6. The molecule has 6 nitrogen and oxygen atoms in total. The zero-order valence-electron chi connectivity index (χ0n) is 52.2. The van der Waals surface area contributed by atoms with Gasteiger partial charge in [0, 0.05) is 19.3 Å². The molecule has 6 heteroatoms. The SMILES string of the molecule is CC/C=C\C/C=C\C/C=C\C/C=C\C/C=C\C/C=C\C/C=C\C/C=C\CCCCCCCCCCC(=O)OCC(COC(=O)CCCCCCC/C=C\CCCCCCCC)OC(=O)CCCC/C=C\C/C=C\C/C=C\C/C=C\CC. The second-order valence-electron chi connectivity index (χ2n) is 21.3. The fraction of sp³-hybridized carbons (Fsp3) is 0.613. The van der Waals surface area contributed by atoms with Crippen LogP contribution in [0.4, 0.5) is 0 Å². The Morgan fingerprint density at radius 1 is 0.259 bits per heavy atom. The lowest BCUT2D eigenvalue weighted by molar-refractivity contribution is -0.167. The average Bonchev–Trinajstić information content (AvgIpc) is 3.47. The number of rotatable bonds is 58. The Kier molecular flexibility index (Phi) is 63.4. The summed E-state index contributed by atoms with van der Waals surface area (Å²) in [5.74, 6) is -0.966. The molecule has 0 aromatic rings. The number of carbonyl (C=O) groups excluding carboxylic acids is 3. The van der Waals surface area contributed by atoms with E-state index in [2.05, 4.69) is 179 Å². The van der Waals surface area contributed by atoms with Crippen molar-refractivity contribution in [2.45, 2.75) is 284 Å². The van der Waals surface area contributed by atoms with Crippen molar-refractivity contribution in [3.63, 3.8) is 0 Å². The fourth-order valence-corrected chi connectivity index (χ4v) is 8.62. The molecule has 0 spiro atoms. The highest BCUT2D eigenvalue weighted by Gasteiger charge is 2.19. The van der Waals surface area contributed by atoms with Gasteiger partial charge in [-0.15, -0.1) is 0 Å². The second kappa shape index (κ2) is 67.5. The Labute approximate surface area is 499 Å². The molecule has 0 aromatic carbocycles. The summed E-state index contributed by atoms with van der Waals surface area (Å²) in [6, 6.07) is 0. The van der Waals surface area contributed by atoms with Crippen molar-refractivity contribution < 1.29 is 28.6 Å². The molecule has 0 rings (SSSR count). The van der Waals surface area contributed by atoms with Gasteiger partial charge in [0.2, 0.25) is 0 Å². The van der Waals surface area contributed by atoms with Crippen LogP contribution in [0.3, 0.4) is 0 Å². The molecule has 0 fully saturated rings. The van der Waals surface area contributed by atoms with Crippen molar-refractivity contribution >= 4 is 17.9 Å². The van der Waals surface area contributed by atoms with E-state index in [0.29, 0.717) is 19.3 Å². The maximum Gasteiger partial charge on any atom is 0.306 e. The van der Waals surface area contributed by atoms with Gasteiger partial charge in [-0.25, -0.2) is 0 Å². The summed E-state index contributed by atoms with van der Waals surface area (Å²) in [6.45, 7) is 6.36. The van der Waals surface area contributed by atoms with E-state index in [4.69, 9.17) is 14.2 Å². The number of carbonyl (C=O) groups is 3. The van der Waals surface area contributed by atoms with Gasteiger partial charge >= 0.3 is 17.9 Å². The van der Waals surface area contributed by atoms with Crippen LogP contribution in [0.25, 0.3) is 0 Å². The van der Waals surface area contributed by atoms with Crippen LogP contribution in [0.15, 0.2) is 158 Å². The van der Waals surface area contributed by atoms with Crippen LogP contribution in [0.1, 0.15) is 278 Å². The van der Waals surface area contributed by atoms with E-state index in [0.717, 1.165) is 148 Å². The van der Waals surface area contributed by atoms with Crippen LogP contribution < -0.4 is 0 Å². The Hall–Kier alpha value is -4.97. The zero-order valence-corrected chi connectivity index (χ0v) is 52.2. The smallest absolute Gasteiger partial charge is 0.306 e. The minimum absolute atomic E-state index is 0.106. The molecule has 0 amide bonds. The molecule has 0 saturated heterocycles. The van der Waals surface area contributed by atoms with Gasteiger partial charge in [0.15, 0.2) is 6.10 Å². The van der Waals surface area contributed by atoms with Crippen molar-refractivity contribution in [3.8, 4) is 0 Å². The third kappa shape index (κ3) is 65.7. The lowest BCUT2D eigenvalue weighted by atomic mass is 10.1. The van der Waals surface area contributed by atoms with Crippen LogP contribution >= 0.6 is 0 Å². The van der Waals surface area contributed by atoms with Crippen molar-refractivity contribution in [1.82, 2.24) is 0 Å². The third-order valence-corrected chi connectivity index (χ3v) is 13.5. The average molecular weight is 1120 g/mol. The van der Waals surface area contributed by atoms with E-state index in [1.54, 1.807) is 0 Å². The largest absolute Gasteiger partial charge is 0.462 e. The molecule has 0 radical (unpaired) electrons. The highest BCUT2D eigenvalue weighted by molar-refractivity contribution is 5.71. The predicted molar refractivity (Wildman–Crippen MR) is 352 cm³/mol. The van der Waals surface area contributed by atoms with Gasteiger partial charge in [-0.2, -0.15) is 0 Å². The Balaban J connectivity index is 4.34. The van der Waals surface area contributed by atoms with Gasteiger partial charge in [-0.05, 0) is 148 Å². The zero-order chi connectivity index (χ0) is 58.5. The predicted octanol–water partition coefficient (Wildman–Crippen LogP) is 22.9. The van der Waals surface area contributed by atoms with Crippen molar-refractivity contribution in [3.05, 3.63) is 158 Å². The van der Waals surface area contributed by atoms with Gasteiger partial charge in [0.05, 0.1) is 0 Å². The van der Waals surface area contributed by atoms with Crippen LogP contribution in [0, 0.1) is 0 Å². The van der Waals surface area contributed by atoms with E-state index < -0.39 is 6.10 Å². The van der Waals surface area contributed by atoms with Crippen molar-refractivity contribution in [2.24, 2.45) is 0 Å². The first-order valence-electron chi connectivity index (χ1n) is 33.0. The molecular weight excluding hydrogens is 997 g/mol. The first-order chi connectivity index (χ1) is 40.0. The van der Waals surface area contributed by atoms with Crippen LogP contribution in [0.5, 0.6) is 0 Å². The summed E-state index contributed by atoms with van der Waals surface area (Å²) in [4.78, 5) is 38.3. The number of hydrogen-bond donors (Lipinski definition) is 0. The van der Waals surface area contributed by atoms with Crippen molar-refractivity contribution in [1.29, 1.82) is 0 Å². The maximum absolute atomic E-state index is 12.9. The number of unbranched alkanes of at least 4 members (excludes halogenated alkanes) is 21. The molecule has 81 heavy (non-hydrogen) atoms. The summed E-state index contributed by atoms with van der Waals surface area (Å²) in [5, 5.41) is 0. The third-order valence-electron chi connectivity index (χ3n) is 13.5. The molecule has 0 aliphatic rings. The van der Waals surface area contributed by atoms with E-state index in [1.165, 1.54) is 83.5 Å². The van der Waals surface area contributed by atoms with Crippen LogP contribution in [-0.4, -0.2) is 37.2 Å². The molecular formula is C75H120O6. The van der Waals surface area contributed by atoms with Crippen LogP contribution in [0.2, 0.25) is 0 Å². The fourth-order valence-electron chi connectivity index (χ4n) is 8.62. The summed E-state index contributed by atoms with van der Waals surface area (Å²) in [5.41, 5.74) is 0. The summed E-state index contributed by atoms with van der Waals surface area (Å²) >= 11 is 0. The summed E-state index contributed by atoms with van der Waals surface area (Å²) in [6.07, 6.45) is 98.3. The molecule has 0 heterocycles. The van der Waals surface area contributed by atoms with Gasteiger partial charge < -0.3 is 14.2 Å². The standard InChI is InChI=1S/C75H120O6/c1-4-7-10-13-16-19-22-25-28-29-30-31-32-33-34-35-36-37-38-39-40-41-42-43-44-45-48-50-53-56-59-62-65-68-74(77)80-71-72(81-75(78)69-66-63-60-57-54-51-47-27-24-21-18-15-12-9-6-3)70-79-73(76)67-64-61-58-55-52-49-46-26-23-20-17-14-11-8-5-2/h7,9-10,12,16,18-19,21,25-28,30-31,33-34,36-37,39-40,42-43,46-47,54,57,72H,4-6,8,11,13-15,17,20,22-24,29,32,35,38,41,44-45,48-53,55-56,58-71H2,1-3H3/b10-7-,12-9-,19-16-,21-18-,28-25-,31-30-,34-33-,37-36-,40-39-,43-42-,46-26-,47-27-,57-54-. The van der Waals surface area contributed by atoms with Gasteiger partial charge in [0.25, 0.3) is 0 Å². The minimum atomic E-state index is -0.814. The number of esters is 3. The van der Waals surface area contributed by atoms with Gasteiger partial charge in [-0.1, -0.05) is 269 Å². The molecule has 0 N–H and O–H groups in total. The quantitative estimate of drug-likeness (QED) is 0.0261. The van der Waals surface area contributed by atoms with E-state index in [-0.39, 0.29) is 37.5 Å². The molecule has 0 aliphatic carbocycles. The summed E-state index contributed by atoms with van der Waals surface area (Å²) < 4.78 is 16.9. The topological polar surface area (TPSA) is 78.9 Å². The van der Waals surface area contributed by atoms with E-state index in [9.17, 15) is 14.4 Å². The lowest BCUT2D eigenvalue weighted by Gasteiger charge is -2.18. The molecule has 0 bridgehead atoms. The van der Waals surface area contributed by atoms with Crippen molar-refractivity contribution in [2.75, 3.05) is 13.2 Å². The normalized spacial score (nSPS) is 13.2. The summed E-state index contributed by atoms with van der Waals surface area (Å²) in [7, 11) is 0. The van der Waals surface area contributed by atoms with Gasteiger partial charge in [0.1, 0.15) is 13.2 Å². The Morgan fingerprint density at radius 2 is 0.481 bits per heavy atom. The Bertz CT molecular complexity index is 1810. The number of allylic oxidation sites excluding steroid dienone is 26. The molecule has 456 valence electrons. The molecule has 1 atom stereocenters. The maximum atomic E-state index is 12.9. The molecule has 0 aliphatic heterocycles. The minimum Gasteiger partial charge on any atom is -0.462 e. The Morgan fingerprint density at radius 3 is 0.790 bits per heavy atom. The molecule has 0 saturated carbocycles. The van der Waals surface area contributed by atoms with Gasteiger partial charge in [-0.3, -0.25) is 14.4 Å². The highest BCUT2D eigenvalue weighted by Crippen LogP contribution is 2.14. The van der Waals surface area contributed by atoms with E-state index in [1.807, 2.05) is 0 Å². The first-order valence-corrected chi connectivity index (χ1v) is 33.0. The molecule has 0 aromatic heterocycles. The van der Waals surface area contributed by atoms with Crippen LogP contribution in [-0.2, 0) is 28.6 Å². The second-order valence-corrected chi connectivity index (χ2v) is 21.3. The monoisotopic (exact) mass is 1120 g/mol.